The van der Waals surface area contributed by atoms with Crippen molar-refractivity contribution < 1.29 is 0 Å². The topological polar surface area (TPSA) is 30.7 Å². The van der Waals surface area contributed by atoms with E-state index in [1.807, 2.05) is 0 Å². The van der Waals surface area contributed by atoms with Crippen molar-refractivity contribution in [3.63, 3.8) is 0 Å². The van der Waals surface area contributed by atoms with E-state index < -0.39 is 10.8 Å². The molecule has 0 bridgehead atoms. The van der Waals surface area contributed by atoms with Crippen LogP contribution in [-0.2, 0) is 10.8 Å². The first-order chi connectivity index (χ1) is 38.6. The summed E-state index contributed by atoms with van der Waals surface area (Å²) in [5.41, 5.74) is 23.8. The molecular weight excluding hydrogens is 943 g/mol. The number of nitrogens with zero attached hydrogens (tertiary/aromatic N) is 3. The Morgan fingerprint density at radius 1 is 0.321 bits per heavy atom. The maximum absolute atomic E-state index is 5.66. The number of rotatable bonds is 7. The first-order valence-electron chi connectivity index (χ1n) is 27.1. The number of hydrogen-bond donors (Lipinski definition) is 0. The van der Waals surface area contributed by atoms with E-state index in [0.29, 0.717) is 0 Å². The molecule has 0 aliphatic heterocycles. The predicted octanol–water partition coefficient (Wildman–Crippen LogP) is 18.2. The summed E-state index contributed by atoms with van der Waals surface area (Å²) < 4.78 is 2.48. The lowest BCUT2D eigenvalue weighted by atomic mass is 9.65. The molecule has 78 heavy (non-hydrogen) atoms. The molecule has 0 amide bonds. The molecule has 364 valence electrons. The summed E-state index contributed by atoms with van der Waals surface area (Å²) in [6.07, 6.45) is 0. The molecule has 0 radical (unpaired) electrons. The van der Waals surface area contributed by atoms with Gasteiger partial charge in [-0.15, -0.1) is 0 Å². The Labute approximate surface area is 453 Å². The number of hydrogen-bond acceptors (Lipinski definition) is 2. The molecule has 2 atom stereocenters. The van der Waals surface area contributed by atoms with Crippen molar-refractivity contribution in [2.45, 2.75) is 17.8 Å². The molecule has 2 aliphatic carbocycles. The van der Waals surface area contributed by atoms with Crippen LogP contribution in [0.3, 0.4) is 0 Å². The molecule has 2 aliphatic rings. The van der Waals surface area contributed by atoms with E-state index in [2.05, 4.69) is 291 Å². The minimum atomic E-state index is -0.759. The van der Waals surface area contributed by atoms with Gasteiger partial charge in [0.2, 0.25) is 0 Å². The average Bonchev–Trinajstić information content (AvgIpc) is 4.01. The van der Waals surface area contributed by atoms with Gasteiger partial charge in [0.15, 0.2) is 0 Å². The average molecular weight is 992 g/mol. The van der Waals surface area contributed by atoms with Gasteiger partial charge in [-0.1, -0.05) is 236 Å². The standard InChI is InChI=1S/C75H49N3/c1-48-38-42-55(43-39-48)78-66-44-40-53(74(51-26-10-4-11-27-51)62-34-18-14-30-56(62)72-70(74)68(49-22-6-2-7-23-49)58-32-16-20-36-64(58)76-72)46-60(66)61-47-54(41-45-67(61)78)75(52-28-12-5-13-29-52)63-35-19-15-31-57(63)73-71(75)69(50-24-8-3-9-25-50)59-33-17-21-37-65(59)77-73/h2-47H,1H3. The quantitative estimate of drug-likeness (QED) is 0.159. The largest absolute Gasteiger partial charge is 0.309 e. The van der Waals surface area contributed by atoms with Crippen LogP contribution in [0.4, 0.5) is 0 Å². The fraction of sp³-hybridized carbons (Fsp3) is 0.0400. The molecule has 0 fully saturated rings. The van der Waals surface area contributed by atoms with Crippen molar-refractivity contribution in [1.82, 2.24) is 14.5 Å². The number of para-hydroxylation sites is 2. The highest BCUT2D eigenvalue weighted by Crippen LogP contribution is 2.62. The van der Waals surface area contributed by atoms with Crippen LogP contribution in [0.2, 0.25) is 0 Å². The van der Waals surface area contributed by atoms with Gasteiger partial charge in [-0.2, -0.15) is 0 Å². The summed E-state index contributed by atoms with van der Waals surface area (Å²) in [6.45, 7) is 2.17. The SMILES string of the molecule is Cc1ccc(-n2c3ccc(C4(c5ccccc5)c5ccccc5-c5nc6ccccc6c(-c6ccccc6)c54)cc3c3cc(C4(c5ccccc5)c5ccccc5-c5nc6ccccc6c(-c6ccccc6)c54)ccc32)cc1. The van der Waals surface area contributed by atoms with Crippen molar-refractivity contribution >= 4 is 43.6 Å². The van der Waals surface area contributed by atoms with E-state index in [1.165, 1.54) is 83.1 Å². The maximum atomic E-state index is 5.66. The van der Waals surface area contributed by atoms with Gasteiger partial charge in [0, 0.05) is 49.5 Å². The number of pyridine rings is 2. The molecule has 16 rings (SSSR count). The van der Waals surface area contributed by atoms with E-state index in [9.17, 15) is 0 Å². The van der Waals surface area contributed by atoms with Crippen molar-refractivity contribution in [2.24, 2.45) is 0 Å². The van der Waals surface area contributed by atoms with Gasteiger partial charge < -0.3 is 4.57 Å². The lowest BCUT2D eigenvalue weighted by molar-refractivity contribution is 0.770. The Balaban J connectivity index is 1.06. The summed E-state index contributed by atoms with van der Waals surface area (Å²) in [4.78, 5) is 11.3. The Morgan fingerprint density at radius 2 is 0.705 bits per heavy atom. The Hall–Kier alpha value is -9.96. The molecule has 0 N–H and O–H groups in total. The van der Waals surface area contributed by atoms with Crippen molar-refractivity contribution in [3.8, 4) is 50.5 Å². The van der Waals surface area contributed by atoms with Crippen LogP contribution in [0.15, 0.2) is 279 Å². The van der Waals surface area contributed by atoms with Gasteiger partial charge in [0.05, 0.1) is 44.3 Å². The molecule has 0 saturated heterocycles. The fourth-order valence-corrected chi connectivity index (χ4v) is 14.0. The first-order valence-corrected chi connectivity index (χ1v) is 27.1. The molecule has 3 heteroatoms. The summed E-state index contributed by atoms with van der Waals surface area (Å²) in [5, 5.41) is 4.63. The number of aryl methyl sites for hydroxylation is 1. The molecule has 3 aromatic heterocycles. The normalized spacial score (nSPS) is 16.1. The van der Waals surface area contributed by atoms with E-state index in [1.54, 1.807) is 0 Å². The minimum Gasteiger partial charge on any atom is -0.309 e. The van der Waals surface area contributed by atoms with Gasteiger partial charge >= 0.3 is 0 Å². The fourth-order valence-electron chi connectivity index (χ4n) is 14.0. The molecule has 14 aromatic rings. The molecular formula is C75H49N3. The molecule has 3 nitrogen and oxygen atoms in total. The summed E-state index contributed by atoms with van der Waals surface area (Å²) in [7, 11) is 0. The van der Waals surface area contributed by atoms with Crippen LogP contribution >= 0.6 is 0 Å². The van der Waals surface area contributed by atoms with Crippen molar-refractivity contribution in [3.05, 3.63) is 329 Å². The summed E-state index contributed by atoms with van der Waals surface area (Å²) in [5.74, 6) is 0. The molecule has 0 spiro atoms. The van der Waals surface area contributed by atoms with Crippen LogP contribution in [0.25, 0.3) is 94.1 Å². The monoisotopic (exact) mass is 991 g/mol. The number of benzene rings is 11. The first kappa shape index (κ1) is 44.3. The second-order valence-electron chi connectivity index (χ2n) is 21.1. The molecule has 2 unspecified atom stereocenters. The van der Waals surface area contributed by atoms with Gasteiger partial charge in [-0.25, -0.2) is 9.97 Å². The maximum Gasteiger partial charge on any atom is 0.0767 e. The van der Waals surface area contributed by atoms with Crippen molar-refractivity contribution in [2.75, 3.05) is 0 Å². The molecule has 0 saturated carbocycles. The Bertz CT molecular complexity index is 4440. The Morgan fingerprint density at radius 3 is 1.15 bits per heavy atom. The Kier molecular flexibility index (Phi) is 9.68. The zero-order valence-corrected chi connectivity index (χ0v) is 42.9. The van der Waals surface area contributed by atoms with E-state index >= 15 is 0 Å². The third-order valence-electron chi connectivity index (χ3n) is 17.2. The second-order valence-corrected chi connectivity index (χ2v) is 21.1. The van der Waals surface area contributed by atoms with E-state index in [0.717, 1.165) is 61.0 Å². The highest BCUT2D eigenvalue weighted by atomic mass is 15.0. The second kappa shape index (κ2) is 17.0. The summed E-state index contributed by atoms with van der Waals surface area (Å²) in [6, 6.07) is 103. The zero-order chi connectivity index (χ0) is 51.5. The van der Waals surface area contributed by atoms with Gasteiger partial charge in [0.1, 0.15) is 0 Å². The highest BCUT2D eigenvalue weighted by molar-refractivity contribution is 6.12. The smallest absolute Gasteiger partial charge is 0.0767 e. The lowest BCUT2D eigenvalue weighted by Gasteiger charge is -2.35. The van der Waals surface area contributed by atoms with Crippen LogP contribution in [-0.4, -0.2) is 14.5 Å². The van der Waals surface area contributed by atoms with E-state index in [-0.39, 0.29) is 0 Å². The lowest BCUT2D eigenvalue weighted by Crippen LogP contribution is -2.29. The third-order valence-corrected chi connectivity index (χ3v) is 17.2. The van der Waals surface area contributed by atoms with E-state index in [4.69, 9.17) is 9.97 Å². The van der Waals surface area contributed by atoms with Gasteiger partial charge in [0.25, 0.3) is 0 Å². The molecule has 11 aromatic carbocycles. The van der Waals surface area contributed by atoms with Crippen molar-refractivity contribution in [1.29, 1.82) is 0 Å². The molecule has 3 heterocycles. The zero-order valence-electron chi connectivity index (χ0n) is 42.9. The van der Waals surface area contributed by atoms with Crippen LogP contribution in [0, 0.1) is 6.92 Å². The number of fused-ring (bicyclic) bond motifs is 11. The predicted molar refractivity (Wildman–Crippen MR) is 322 cm³/mol. The highest BCUT2D eigenvalue weighted by Gasteiger charge is 2.51. The van der Waals surface area contributed by atoms with Gasteiger partial charge in [-0.3, -0.25) is 0 Å². The van der Waals surface area contributed by atoms with Crippen LogP contribution in [0.5, 0.6) is 0 Å². The third kappa shape index (κ3) is 6.10. The van der Waals surface area contributed by atoms with Crippen LogP contribution in [0.1, 0.15) is 50.1 Å². The van der Waals surface area contributed by atoms with Crippen LogP contribution < -0.4 is 0 Å². The number of aromatic nitrogens is 3. The van der Waals surface area contributed by atoms with Gasteiger partial charge in [-0.05, 0) is 111 Å². The summed E-state index contributed by atoms with van der Waals surface area (Å²) >= 11 is 0. The minimum absolute atomic E-state index is 0.759.